The quantitative estimate of drug-likeness (QED) is 0.273. The Hall–Kier alpha value is -3.36. The summed E-state index contributed by atoms with van der Waals surface area (Å²) in [7, 11) is -4.14. The van der Waals surface area contributed by atoms with Crippen molar-refractivity contribution >= 4 is 39.1 Å². The van der Waals surface area contributed by atoms with Crippen LogP contribution in [0.1, 0.15) is 44.2 Å². The molecule has 0 aliphatic rings. The van der Waals surface area contributed by atoms with Crippen molar-refractivity contribution in [2.45, 2.75) is 57.5 Å². The van der Waals surface area contributed by atoms with E-state index in [2.05, 4.69) is 5.32 Å². The molecule has 0 unspecified atom stereocenters. The van der Waals surface area contributed by atoms with Crippen molar-refractivity contribution in [2.24, 2.45) is 0 Å². The molecule has 1 atom stereocenters. The Morgan fingerprint density at radius 2 is 1.59 bits per heavy atom. The number of anilines is 1. The van der Waals surface area contributed by atoms with E-state index in [0.717, 1.165) is 22.7 Å². The van der Waals surface area contributed by atoms with Crippen LogP contribution in [-0.2, 0) is 26.2 Å². The Balaban J connectivity index is 2.05. The minimum Gasteiger partial charge on any atom is -0.354 e. The molecule has 0 spiro atoms. The highest BCUT2D eigenvalue weighted by Crippen LogP contribution is 2.30. The van der Waals surface area contributed by atoms with Gasteiger partial charge < -0.3 is 10.2 Å². The summed E-state index contributed by atoms with van der Waals surface area (Å²) in [6.45, 7) is 5.82. The second kappa shape index (κ2) is 14.1. The zero-order valence-corrected chi connectivity index (χ0v) is 24.2. The summed E-state index contributed by atoms with van der Waals surface area (Å²) in [5, 5.41) is 3.28. The zero-order chi connectivity index (χ0) is 28.4. The Bertz CT molecular complexity index is 1350. The van der Waals surface area contributed by atoms with Gasteiger partial charge in [0.1, 0.15) is 12.6 Å². The fourth-order valence-electron chi connectivity index (χ4n) is 4.29. The lowest BCUT2D eigenvalue weighted by Crippen LogP contribution is -2.52. The second-order valence-electron chi connectivity index (χ2n) is 9.33. The molecule has 0 aromatic heterocycles. The summed E-state index contributed by atoms with van der Waals surface area (Å²) < 4.78 is 28.9. The minimum absolute atomic E-state index is 0.0520. The van der Waals surface area contributed by atoms with E-state index in [1.807, 2.05) is 44.2 Å². The molecule has 9 heteroatoms. The van der Waals surface area contributed by atoms with E-state index in [0.29, 0.717) is 29.2 Å². The van der Waals surface area contributed by atoms with Crippen molar-refractivity contribution in [1.29, 1.82) is 0 Å². The Morgan fingerprint density at radius 1 is 0.949 bits per heavy atom. The number of halogens is 1. The molecule has 208 valence electrons. The molecule has 3 aromatic carbocycles. The third-order valence-electron chi connectivity index (χ3n) is 6.46. The zero-order valence-electron chi connectivity index (χ0n) is 22.6. The maximum absolute atomic E-state index is 14.0. The van der Waals surface area contributed by atoms with Crippen molar-refractivity contribution < 1.29 is 18.0 Å². The first-order chi connectivity index (χ1) is 18.7. The summed E-state index contributed by atoms with van der Waals surface area (Å²) in [5.74, 6) is -0.748. The van der Waals surface area contributed by atoms with E-state index in [1.165, 1.54) is 17.0 Å². The number of carbonyl (C=O) groups excluding carboxylic acids is 2. The van der Waals surface area contributed by atoms with E-state index in [4.69, 9.17) is 11.6 Å². The van der Waals surface area contributed by atoms with Gasteiger partial charge in [-0.3, -0.25) is 13.9 Å². The Labute approximate surface area is 236 Å². The van der Waals surface area contributed by atoms with E-state index in [9.17, 15) is 18.0 Å². The van der Waals surface area contributed by atoms with Crippen molar-refractivity contribution in [3.05, 3.63) is 95.0 Å². The minimum atomic E-state index is -4.14. The number of nitrogens with one attached hydrogen (secondary N) is 1. The summed E-state index contributed by atoms with van der Waals surface area (Å²) in [6.07, 6.45) is 2.12. The molecular formula is C30H36ClN3O4S. The molecule has 3 aromatic rings. The van der Waals surface area contributed by atoms with Crippen LogP contribution in [0.2, 0.25) is 5.02 Å². The summed E-state index contributed by atoms with van der Waals surface area (Å²) in [6, 6.07) is 21.5. The Kier molecular flexibility index (Phi) is 10.9. The van der Waals surface area contributed by atoms with Crippen LogP contribution in [0.15, 0.2) is 83.8 Å². The molecule has 0 fully saturated rings. The first kappa shape index (κ1) is 30.2. The van der Waals surface area contributed by atoms with Gasteiger partial charge in [0.15, 0.2) is 0 Å². The van der Waals surface area contributed by atoms with Gasteiger partial charge in [-0.2, -0.15) is 0 Å². The SMILES string of the molecule is CCCCNC(=O)[C@@H](CC)N(Cc1ccccc1)C(=O)CN(c1cc(Cl)ccc1C)S(=O)(=O)c1ccccc1. The maximum Gasteiger partial charge on any atom is 0.264 e. The highest BCUT2D eigenvalue weighted by molar-refractivity contribution is 7.92. The number of benzene rings is 3. The standard InChI is InChI=1S/C30H36ClN3O4S/c1-4-6-19-32-30(36)27(5-2)33(21-24-13-9-7-10-14-24)29(35)22-34(28-20-25(31)18-17-23(28)3)39(37,38)26-15-11-8-12-16-26/h7-18,20,27H,4-6,19,21-22H2,1-3H3,(H,32,36)/t27-/m1/s1. The van der Waals surface area contributed by atoms with E-state index >= 15 is 0 Å². The average molecular weight is 570 g/mol. The van der Waals surface area contributed by atoms with Crippen LogP contribution in [-0.4, -0.2) is 44.3 Å². The number of carbonyl (C=O) groups is 2. The van der Waals surface area contributed by atoms with E-state index in [-0.39, 0.29) is 17.3 Å². The smallest absolute Gasteiger partial charge is 0.264 e. The van der Waals surface area contributed by atoms with Gasteiger partial charge in [0.2, 0.25) is 11.8 Å². The number of unbranched alkanes of at least 4 members (excludes halogenated alkanes) is 1. The summed E-state index contributed by atoms with van der Waals surface area (Å²) in [4.78, 5) is 28.8. The van der Waals surface area contributed by atoms with Crippen LogP contribution in [0.3, 0.4) is 0 Å². The molecule has 0 bridgehead atoms. The lowest BCUT2D eigenvalue weighted by Gasteiger charge is -2.33. The topological polar surface area (TPSA) is 86.8 Å². The molecule has 39 heavy (non-hydrogen) atoms. The van der Waals surface area contributed by atoms with Gasteiger partial charge in [-0.1, -0.05) is 86.5 Å². The molecule has 3 rings (SSSR count). The van der Waals surface area contributed by atoms with Gasteiger partial charge in [0.25, 0.3) is 10.0 Å². The van der Waals surface area contributed by atoms with E-state index in [1.54, 1.807) is 43.3 Å². The van der Waals surface area contributed by atoms with Crippen LogP contribution >= 0.6 is 11.6 Å². The number of rotatable bonds is 13. The molecule has 7 nitrogen and oxygen atoms in total. The fourth-order valence-corrected chi connectivity index (χ4v) is 5.95. The van der Waals surface area contributed by atoms with Gasteiger partial charge in [0.05, 0.1) is 10.6 Å². The largest absolute Gasteiger partial charge is 0.354 e. The van der Waals surface area contributed by atoms with Crippen LogP contribution in [0, 0.1) is 6.92 Å². The monoisotopic (exact) mass is 569 g/mol. The van der Waals surface area contributed by atoms with Crippen molar-refractivity contribution in [2.75, 3.05) is 17.4 Å². The van der Waals surface area contributed by atoms with Gasteiger partial charge >= 0.3 is 0 Å². The van der Waals surface area contributed by atoms with Gasteiger partial charge in [-0.25, -0.2) is 8.42 Å². The van der Waals surface area contributed by atoms with Gasteiger partial charge in [-0.15, -0.1) is 0 Å². The molecule has 0 radical (unpaired) electrons. The third kappa shape index (κ3) is 7.83. The lowest BCUT2D eigenvalue weighted by molar-refractivity contribution is -0.140. The third-order valence-corrected chi connectivity index (χ3v) is 8.47. The van der Waals surface area contributed by atoms with Crippen LogP contribution in [0.4, 0.5) is 5.69 Å². The Morgan fingerprint density at radius 3 is 2.21 bits per heavy atom. The molecule has 0 saturated heterocycles. The predicted octanol–water partition coefficient (Wildman–Crippen LogP) is 5.57. The molecular weight excluding hydrogens is 534 g/mol. The predicted molar refractivity (Wildman–Crippen MR) is 156 cm³/mol. The maximum atomic E-state index is 14.0. The van der Waals surface area contributed by atoms with Crippen molar-refractivity contribution in [1.82, 2.24) is 10.2 Å². The molecule has 2 amide bonds. The number of hydrogen-bond donors (Lipinski definition) is 1. The molecule has 0 aliphatic heterocycles. The van der Waals surface area contributed by atoms with Crippen LogP contribution in [0.25, 0.3) is 0 Å². The lowest BCUT2D eigenvalue weighted by atomic mass is 10.1. The first-order valence-electron chi connectivity index (χ1n) is 13.1. The second-order valence-corrected chi connectivity index (χ2v) is 11.6. The van der Waals surface area contributed by atoms with Crippen molar-refractivity contribution in [3.63, 3.8) is 0 Å². The summed E-state index contributed by atoms with van der Waals surface area (Å²) in [5.41, 5.74) is 1.78. The number of aryl methyl sites for hydroxylation is 1. The first-order valence-corrected chi connectivity index (χ1v) is 15.0. The average Bonchev–Trinajstić information content (AvgIpc) is 2.94. The molecule has 0 saturated carbocycles. The number of amides is 2. The fraction of sp³-hybridized carbons (Fsp3) is 0.333. The molecule has 1 N–H and O–H groups in total. The van der Waals surface area contributed by atoms with Crippen LogP contribution in [0.5, 0.6) is 0 Å². The number of hydrogen-bond acceptors (Lipinski definition) is 4. The van der Waals surface area contributed by atoms with Gasteiger partial charge in [0, 0.05) is 18.1 Å². The number of sulfonamides is 1. The summed E-state index contributed by atoms with van der Waals surface area (Å²) >= 11 is 6.27. The normalized spacial score (nSPS) is 12.0. The van der Waals surface area contributed by atoms with E-state index < -0.39 is 28.5 Å². The highest BCUT2D eigenvalue weighted by atomic mass is 35.5. The van der Waals surface area contributed by atoms with Gasteiger partial charge in [-0.05, 0) is 55.2 Å². The molecule has 0 heterocycles. The van der Waals surface area contributed by atoms with Crippen molar-refractivity contribution in [3.8, 4) is 0 Å². The highest BCUT2D eigenvalue weighted by Gasteiger charge is 2.34. The molecule has 0 aliphatic carbocycles. The number of nitrogens with zero attached hydrogens (tertiary/aromatic N) is 2. The van der Waals surface area contributed by atoms with Crippen LogP contribution < -0.4 is 9.62 Å².